The van der Waals surface area contributed by atoms with Crippen LogP contribution in [0.1, 0.15) is 36.0 Å². The monoisotopic (exact) mass is 443 g/mol. The summed E-state index contributed by atoms with van der Waals surface area (Å²) in [7, 11) is -4.02. The van der Waals surface area contributed by atoms with Gasteiger partial charge in [-0.05, 0) is 37.1 Å². The average molecular weight is 444 g/mol. The van der Waals surface area contributed by atoms with E-state index in [1.807, 2.05) is 4.90 Å². The van der Waals surface area contributed by atoms with Crippen molar-refractivity contribution in [1.82, 2.24) is 4.98 Å². The predicted molar refractivity (Wildman–Crippen MR) is 109 cm³/mol. The lowest BCUT2D eigenvalue weighted by Crippen LogP contribution is -2.27. The molecule has 2 N–H and O–H groups in total. The van der Waals surface area contributed by atoms with E-state index in [1.165, 1.54) is 30.5 Å². The number of hydrogen-bond donors (Lipinski definition) is 2. The van der Waals surface area contributed by atoms with Gasteiger partial charge in [-0.15, -0.1) is 0 Å². The molecule has 2 aromatic rings. The third-order valence-electron chi connectivity index (χ3n) is 4.46. The normalized spacial score (nSPS) is 15.1. The summed E-state index contributed by atoms with van der Waals surface area (Å²) in [5.74, 6) is -0.777. The molecular formula is C18H19Cl2N3O4S. The number of pyridine rings is 1. The Morgan fingerprint density at radius 1 is 1.07 bits per heavy atom. The zero-order chi connectivity index (χ0) is 20.3. The molecule has 1 saturated heterocycles. The molecule has 0 spiro atoms. The molecule has 150 valence electrons. The fourth-order valence-corrected chi connectivity index (χ4v) is 4.47. The Morgan fingerprint density at radius 2 is 1.75 bits per heavy atom. The summed E-state index contributed by atoms with van der Waals surface area (Å²) in [6.45, 7) is 1.45. The SMILES string of the molecule is O=C(O)c1cnc(N2CCCCCC2)c(NS(=O)(=O)c2ccc(Cl)c(Cl)c2)c1. The predicted octanol–water partition coefficient (Wildman–Crippen LogP) is 4.27. The van der Waals surface area contributed by atoms with E-state index in [4.69, 9.17) is 23.2 Å². The van der Waals surface area contributed by atoms with Gasteiger partial charge in [-0.3, -0.25) is 4.72 Å². The lowest BCUT2D eigenvalue weighted by atomic mass is 10.2. The Hall–Kier alpha value is -2.03. The van der Waals surface area contributed by atoms with Gasteiger partial charge in [0.05, 0.1) is 26.2 Å². The van der Waals surface area contributed by atoms with Gasteiger partial charge in [0, 0.05) is 19.3 Å². The first kappa shape index (κ1) is 20.7. The largest absolute Gasteiger partial charge is 0.478 e. The van der Waals surface area contributed by atoms with E-state index in [-0.39, 0.29) is 26.2 Å². The summed E-state index contributed by atoms with van der Waals surface area (Å²) in [6.07, 6.45) is 5.34. The molecule has 1 aliphatic rings. The summed E-state index contributed by atoms with van der Waals surface area (Å²) in [6, 6.07) is 5.24. The van der Waals surface area contributed by atoms with Crippen LogP contribution in [0.4, 0.5) is 11.5 Å². The van der Waals surface area contributed by atoms with Crippen molar-refractivity contribution in [3.8, 4) is 0 Å². The zero-order valence-corrected chi connectivity index (χ0v) is 17.2. The molecule has 1 aromatic carbocycles. The number of carboxylic acid groups (broad SMARTS) is 1. The average Bonchev–Trinajstić information content (AvgIpc) is 2.92. The van der Waals surface area contributed by atoms with E-state index < -0.39 is 16.0 Å². The van der Waals surface area contributed by atoms with E-state index in [0.717, 1.165) is 38.8 Å². The van der Waals surface area contributed by atoms with Crippen LogP contribution in [0.15, 0.2) is 35.4 Å². The summed E-state index contributed by atoms with van der Waals surface area (Å²) in [5, 5.41) is 9.62. The van der Waals surface area contributed by atoms with Crippen molar-refractivity contribution in [2.24, 2.45) is 0 Å². The summed E-state index contributed by atoms with van der Waals surface area (Å²) >= 11 is 11.8. The molecule has 1 fully saturated rings. The molecule has 0 radical (unpaired) electrons. The quantitative estimate of drug-likeness (QED) is 0.715. The first-order valence-corrected chi connectivity index (χ1v) is 11.0. The van der Waals surface area contributed by atoms with Crippen LogP contribution in [0.5, 0.6) is 0 Å². The first-order valence-electron chi connectivity index (χ1n) is 8.74. The van der Waals surface area contributed by atoms with E-state index in [0.29, 0.717) is 5.82 Å². The third kappa shape index (κ3) is 4.68. The van der Waals surface area contributed by atoms with Crippen molar-refractivity contribution < 1.29 is 18.3 Å². The van der Waals surface area contributed by atoms with Gasteiger partial charge in [0.2, 0.25) is 0 Å². The number of aromatic nitrogens is 1. The van der Waals surface area contributed by atoms with Crippen molar-refractivity contribution in [3.05, 3.63) is 46.1 Å². The number of carbonyl (C=O) groups is 1. The molecule has 0 unspecified atom stereocenters. The molecule has 0 saturated carbocycles. The van der Waals surface area contributed by atoms with Crippen LogP contribution < -0.4 is 9.62 Å². The Bertz CT molecular complexity index is 990. The van der Waals surface area contributed by atoms with Crippen molar-refractivity contribution >= 4 is 50.7 Å². The maximum Gasteiger partial charge on any atom is 0.337 e. The van der Waals surface area contributed by atoms with Crippen LogP contribution in [0.25, 0.3) is 0 Å². The van der Waals surface area contributed by atoms with Crippen molar-refractivity contribution in [1.29, 1.82) is 0 Å². The molecule has 1 aromatic heterocycles. The number of benzene rings is 1. The number of nitrogens with zero attached hydrogens (tertiary/aromatic N) is 2. The second kappa shape index (κ2) is 8.55. The second-order valence-electron chi connectivity index (χ2n) is 6.48. The van der Waals surface area contributed by atoms with Crippen LogP contribution >= 0.6 is 23.2 Å². The summed E-state index contributed by atoms with van der Waals surface area (Å²) in [4.78, 5) is 17.5. The Labute approximate surface area is 173 Å². The highest BCUT2D eigenvalue weighted by atomic mass is 35.5. The van der Waals surface area contributed by atoms with E-state index in [2.05, 4.69) is 9.71 Å². The number of aromatic carboxylic acids is 1. The molecular weight excluding hydrogens is 425 g/mol. The molecule has 3 rings (SSSR count). The molecule has 0 bridgehead atoms. The molecule has 7 nitrogen and oxygen atoms in total. The molecule has 0 aliphatic carbocycles. The molecule has 0 amide bonds. The van der Waals surface area contributed by atoms with Gasteiger partial charge in [-0.25, -0.2) is 18.2 Å². The minimum Gasteiger partial charge on any atom is -0.478 e. The number of carboxylic acids is 1. The summed E-state index contributed by atoms with van der Waals surface area (Å²) in [5.41, 5.74) is 0.0123. The smallest absolute Gasteiger partial charge is 0.337 e. The zero-order valence-electron chi connectivity index (χ0n) is 14.9. The molecule has 28 heavy (non-hydrogen) atoms. The number of nitrogens with one attached hydrogen (secondary N) is 1. The fraction of sp³-hybridized carbons (Fsp3) is 0.333. The third-order valence-corrected chi connectivity index (χ3v) is 6.57. The van der Waals surface area contributed by atoms with Gasteiger partial charge >= 0.3 is 5.97 Å². The highest BCUT2D eigenvalue weighted by molar-refractivity contribution is 7.92. The van der Waals surface area contributed by atoms with Crippen molar-refractivity contribution in [2.75, 3.05) is 22.7 Å². The molecule has 0 atom stereocenters. The standard InChI is InChI=1S/C18H19Cl2N3O4S/c19-14-6-5-13(10-15(14)20)28(26,27)22-16-9-12(18(24)25)11-21-17(16)23-7-3-1-2-4-8-23/h5-6,9-11,22H,1-4,7-8H2,(H,24,25). The maximum absolute atomic E-state index is 12.8. The lowest BCUT2D eigenvalue weighted by molar-refractivity contribution is 0.0696. The van der Waals surface area contributed by atoms with E-state index in [1.54, 1.807) is 0 Å². The number of halogens is 2. The van der Waals surface area contributed by atoms with Crippen LogP contribution in [-0.2, 0) is 10.0 Å². The summed E-state index contributed by atoms with van der Waals surface area (Å²) < 4.78 is 28.2. The number of hydrogen-bond acceptors (Lipinski definition) is 5. The van der Waals surface area contributed by atoms with Gasteiger partial charge < -0.3 is 10.0 Å². The van der Waals surface area contributed by atoms with Gasteiger partial charge in [0.25, 0.3) is 10.0 Å². The fourth-order valence-electron chi connectivity index (χ4n) is 3.03. The lowest BCUT2D eigenvalue weighted by Gasteiger charge is -2.24. The van der Waals surface area contributed by atoms with Crippen molar-refractivity contribution in [3.63, 3.8) is 0 Å². The first-order chi connectivity index (χ1) is 13.3. The molecule has 10 heteroatoms. The Morgan fingerprint density at radius 3 is 2.36 bits per heavy atom. The molecule has 1 aliphatic heterocycles. The minimum absolute atomic E-state index is 0.0792. The highest BCUT2D eigenvalue weighted by Crippen LogP contribution is 2.30. The topological polar surface area (TPSA) is 99.6 Å². The van der Waals surface area contributed by atoms with Gasteiger partial charge in [-0.1, -0.05) is 36.0 Å². The van der Waals surface area contributed by atoms with Crippen LogP contribution in [-0.4, -0.2) is 37.6 Å². The molecule has 2 heterocycles. The number of rotatable bonds is 5. The maximum atomic E-state index is 12.8. The van der Waals surface area contributed by atoms with Gasteiger partial charge in [-0.2, -0.15) is 0 Å². The van der Waals surface area contributed by atoms with Crippen LogP contribution in [0.3, 0.4) is 0 Å². The number of sulfonamides is 1. The van der Waals surface area contributed by atoms with Gasteiger partial charge in [0.15, 0.2) is 5.82 Å². The Kier molecular flexibility index (Phi) is 6.32. The number of anilines is 2. The van der Waals surface area contributed by atoms with Crippen LogP contribution in [0.2, 0.25) is 10.0 Å². The Balaban J connectivity index is 2.01. The van der Waals surface area contributed by atoms with E-state index in [9.17, 15) is 18.3 Å². The van der Waals surface area contributed by atoms with Gasteiger partial charge in [0.1, 0.15) is 0 Å². The van der Waals surface area contributed by atoms with E-state index >= 15 is 0 Å². The van der Waals surface area contributed by atoms with Crippen LogP contribution in [0, 0.1) is 0 Å². The highest BCUT2D eigenvalue weighted by Gasteiger charge is 2.22. The second-order valence-corrected chi connectivity index (χ2v) is 8.98. The minimum atomic E-state index is -4.02. The van der Waals surface area contributed by atoms with Crippen molar-refractivity contribution in [2.45, 2.75) is 30.6 Å².